The highest BCUT2D eigenvalue weighted by atomic mass is 79.9. The molecule has 1 aromatic heterocycles. The van der Waals surface area contributed by atoms with E-state index < -0.39 is 0 Å². The Kier molecular flexibility index (Phi) is 4.64. The first-order chi connectivity index (χ1) is 8.47. The molecular weight excluding hydrogens is 446 g/mol. The Balaban J connectivity index is 2.23. The summed E-state index contributed by atoms with van der Waals surface area (Å²) in [5.41, 5.74) is 1.81. The standard InChI is InChI=1S/C12H8Br3NOS/c1-6-4-10(18-11(6)15)12(17)16-9-5-7(13)2-3-8(9)14/h2-5H,1H3,(H,16,17). The van der Waals surface area contributed by atoms with E-state index in [-0.39, 0.29) is 5.91 Å². The van der Waals surface area contributed by atoms with Crippen molar-refractivity contribution < 1.29 is 4.79 Å². The van der Waals surface area contributed by atoms with Crippen molar-refractivity contribution in [1.29, 1.82) is 0 Å². The first-order valence-electron chi connectivity index (χ1n) is 4.99. The normalized spacial score (nSPS) is 10.4. The third kappa shape index (κ3) is 3.23. The van der Waals surface area contributed by atoms with E-state index in [1.165, 1.54) is 11.3 Å². The molecule has 2 aromatic rings. The molecule has 94 valence electrons. The fraction of sp³-hybridized carbons (Fsp3) is 0.0833. The molecule has 1 N–H and O–H groups in total. The highest BCUT2D eigenvalue weighted by molar-refractivity contribution is 9.11. The lowest BCUT2D eigenvalue weighted by Crippen LogP contribution is -2.10. The Morgan fingerprint density at radius 1 is 1.22 bits per heavy atom. The Bertz CT molecular complexity index is 590. The number of carbonyl (C=O) groups is 1. The van der Waals surface area contributed by atoms with Crippen LogP contribution in [0.25, 0.3) is 0 Å². The molecule has 0 unspecified atom stereocenters. The zero-order chi connectivity index (χ0) is 13.3. The van der Waals surface area contributed by atoms with Crippen LogP contribution in [-0.2, 0) is 0 Å². The minimum atomic E-state index is -0.104. The number of hydrogen-bond donors (Lipinski definition) is 1. The summed E-state index contributed by atoms with van der Waals surface area (Å²) in [7, 11) is 0. The van der Waals surface area contributed by atoms with Crippen LogP contribution in [0.15, 0.2) is 37.0 Å². The zero-order valence-corrected chi connectivity index (χ0v) is 14.8. The quantitative estimate of drug-likeness (QED) is 0.630. The van der Waals surface area contributed by atoms with Gasteiger partial charge in [0.2, 0.25) is 0 Å². The predicted octanol–water partition coefficient (Wildman–Crippen LogP) is 5.60. The van der Waals surface area contributed by atoms with Gasteiger partial charge in [0.1, 0.15) is 0 Å². The molecule has 0 saturated carbocycles. The molecule has 1 aromatic carbocycles. The molecule has 0 spiro atoms. The van der Waals surface area contributed by atoms with Crippen molar-refractivity contribution in [2.45, 2.75) is 6.92 Å². The Labute approximate surface area is 134 Å². The summed E-state index contributed by atoms with van der Waals surface area (Å²) in [6.07, 6.45) is 0. The van der Waals surface area contributed by atoms with Crippen LogP contribution in [0.2, 0.25) is 0 Å². The topological polar surface area (TPSA) is 29.1 Å². The van der Waals surface area contributed by atoms with Crippen LogP contribution in [-0.4, -0.2) is 5.91 Å². The summed E-state index contributed by atoms with van der Waals surface area (Å²) in [5, 5.41) is 2.88. The molecule has 0 atom stereocenters. The minimum Gasteiger partial charge on any atom is -0.320 e. The molecule has 6 heteroatoms. The van der Waals surface area contributed by atoms with E-state index in [4.69, 9.17) is 0 Å². The molecule has 1 amide bonds. The largest absolute Gasteiger partial charge is 0.320 e. The number of nitrogens with one attached hydrogen (secondary N) is 1. The molecule has 2 rings (SSSR count). The first kappa shape index (κ1) is 14.2. The maximum absolute atomic E-state index is 12.1. The molecule has 0 aliphatic carbocycles. The third-order valence-electron chi connectivity index (χ3n) is 2.26. The maximum atomic E-state index is 12.1. The van der Waals surface area contributed by atoms with E-state index in [0.717, 1.165) is 24.0 Å². The van der Waals surface area contributed by atoms with Crippen molar-refractivity contribution in [2.24, 2.45) is 0 Å². The van der Waals surface area contributed by atoms with Crippen LogP contribution < -0.4 is 5.32 Å². The van der Waals surface area contributed by atoms with Gasteiger partial charge in [0.15, 0.2) is 0 Å². The second-order valence-corrected chi connectivity index (χ2v) is 7.79. The first-order valence-corrected chi connectivity index (χ1v) is 8.19. The Morgan fingerprint density at radius 3 is 2.56 bits per heavy atom. The molecule has 0 bridgehead atoms. The van der Waals surface area contributed by atoms with E-state index in [9.17, 15) is 4.79 Å². The smallest absolute Gasteiger partial charge is 0.265 e. The lowest BCUT2D eigenvalue weighted by Gasteiger charge is -2.06. The molecule has 0 fully saturated rings. The summed E-state index contributed by atoms with van der Waals surface area (Å²) >= 11 is 11.6. The number of amides is 1. The maximum Gasteiger partial charge on any atom is 0.265 e. The number of hydrogen-bond acceptors (Lipinski definition) is 2. The molecule has 0 radical (unpaired) electrons. The van der Waals surface area contributed by atoms with Crippen molar-refractivity contribution in [3.8, 4) is 0 Å². The number of anilines is 1. The average Bonchev–Trinajstić information content (AvgIpc) is 2.64. The lowest BCUT2D eigenvalue weighted by molar-refractivity contribution is 0.103. The summed E-state index contributed by atoms with van der Waals surface area (Å²) in [6.45, 7) is 1.96. The minimum absolute atomic E-state index is 0.104. The van der Waals surface area contributed by atoms with Gasteiger partial charge in [-0.3, -0.25) is 4.79 Å². The van der Waals surface area contributed by atoms with Crippen molar-refractivity contribution in [3.63, 3.8) is 0 Å². The molecule has 1 heterocycles. The van der Waals surface area contributed by atoms with E-state index in [0.29, 0.717) is 4.88 Å². The monoisotopic (exact) mass is 451 g/mol. The number of benzene rings is 1. The van der Waals surface area contributed by atoms with E-state index in [1.54, 1.807) is 0 Å². The highest BCUT2D eigenvalue weighted by Crippen LogP contribution is 2.30. The number of carbonyl (C=O) groups excluding carboxylic acids is 1. The predicted molar refractivity (Wildman–Crippen MR) is 86.6 cm³/mol. The molecule has 18 heavy (non-hydrogen) atoms. The molecule has 0 aliphatic heterocycles. The van der Waals surface area contributed by atoms with Gasteiger partial charge < -0.3 is 5.32 Å². The van der Waals surface area contributed by atoms with Gasteiger partial charge in [-0.1, -0.05) is 15.9 Å². The summed E-state index contributed by atoms with van der Waals surface area (Å²) in [5.74, 6) is -0.104. The van der Waals surface area contributed by atoms with Gasteiger partial charge >= 0.3 is 0 Å². The van der Waals surface area contributed by atoms with Crippen molar-refractivity contribution in [3.05, 3.63) is 47.4 Å². The molecule has 0 saturated heterocycles. The summed E-state index contributed by atoms with van der Waals surface area (Å²) in [4.78, 5) is 12.8. The van der Waals surface area contributed by atoms with Gasteiger partial charge in [0.25, 0.3) is 5.91 Å². The van der Waals surface area contributed by atoms with Gasteiger partial charge in [-0.15, -0.1) is 11.3 Å². The second-order valence-electron chi connectivity index (χ2n) is 3.65. The number of thiophene rings is 1. The molecule has 2 nitrogen and oxygen atoms in total. The van der Waals surface area contributed by atoms with Crippen LogP contribution in [0, 0.1) is 6.92 Å². The zero-order valence-electron chi connectivity index (χ0n) is 9.26. The van der Waals surface area contributed by atoms with Crippen LogP contribution in [0.5, 0.6) is 0 Å². The van der Waals surface area contributed by atoms with E-state index in [2.05, 4.69) is 53.1 Å². The van der Waals surface area contributed by atoms with Gasteiger partial charge in [-0.25, -0.2) is 0 Å². The summed E-state index contributed by atoms with van der Waals surface area (Å²) in [6, 6.07) is 7.52. The van der Waals surface area contributed by atoms with Gasteiger partial charge in [0.05, 0.1) is 14.4 Å². The van der Waals surface area contributed by atoms with Crippen LogP contribution >= 0.6 is 59.1 Å². The van der Waals surface area contributed by atoms with Crippen molar-refractivity contribution in [2.75, 3.05) is 5.32 Å². The average molecular weight is 454 g/mol. The Hall–Kier alpha value is -0.170. The fourth-order valence-electron chi connectivity index (χ4n) is 1.35. The SMILES string of the molecule is Cc1cc(C(=O)Nc2cc(Br)ccc2Br)sc1Br. The molecule has 0 aliphatic rings. The molecular formula is C12H8Br3NOS. The van der Waals surface area contributed by atoms with E-state index in [1.807, 2.05) is 31.2 Å². The van der Waals surface area contributed by atoms with Gasteiger partial charge in [-0.05, 0) is 68.6 Å². The van der Waals surface area contributed by atoms with Crippen molar-refractivity contribution >= 4 is 70.7 Å². The fourth-order valence-corrected chi connectivity index (χ4v) is 3.49. The van der Waals surface area contributed by atoms with Crippen molar-refractivity contribution in [1.82, 2.24) is 0 Å². The van der Waals surface area contributed by atoms with Gasteiger partial charge in [0, 0.05) is 8.95 Å². The van der Waals surface area contributed by atoms with Crippen LogP contribution in [0.1, 0.15) is 15.2 Å². The van der Waals surface area contributed by atoms with Crippen LogP contribution in [0.4, 0.5) is 5.69 Å². The second kappa shape index (κ2) is 5.86. The number of aryl methyl sites for hydroxylation is 1. The number of halogens is 3. The highest BCUT2D eigenvalue weighted by Gasteiger charge is 2.12. The lowest BCUT2D eigenvalue weighted by atomic mass is 10.3. The van der Waals surface area contributed by atoms with Crippen LogP contribution in [0.3, 0.4) is 0 Å². The van der Waals surface area contributed by atoms with Gasteiger partial charge in [-0.2, -0.15) is 0 Å². The summed E-state index contributed by atoms with van der Waals surface area (Å²) < 4.78 is 2.76. The Morgan fingerprint density at radius 2 is 1.94 bits per heavy atom. The number of rotatable bonds is 2. The van der Waals surface area contributed by atoms with E-state index >= 15 is 0 Å². The third-order valence-corrected chi connectivity index (χ3v) is 5.58.